The molecule has 0 radical (unpaired) electrons. The van der Waals surface area contributed by atoms with Gasteiger partial charge in [0.15, 0.2) is 0 Å². The molecule has 0 amide bonds. The van der Waals surface area contributed by atoms with E-state index in [1.165, 1.54) is 132 Å². The fourth-order valence-corrected chi connectivity index (χ4v) is 18.0. The first-order chi connectivity index (χ1) is 56.5. The first-order valence-electron chi connectivity index (χ1n) is 39.0. The van der Waals surface area contributed by atoms with Gasteiger partial charge in [0, 0.05) is 93.5 Å². The Balaban J connectivity index is 0.000000135. The minimum absolute atomic E-state index is 0.894. The predicted octanol–water partition coefficient (Wildman–Crippen LogP) is 29.6. The van der Waals surface area contributed by atoms with Crippen molar-refractivity contribution in [2.24, 2.45) is 0 Å². The number of aromatic nitrogens is 4. The summed E-state index contributed by atoms with van der Waals surface area (Å²) < 4.78 is 22.5. The molecule has 0 bridgehead atoms. The van der Waals surface area contributed by atoms with Crippen molar-refractivity contribution >= 4 is 131 Å². The van der Waals surface area contributed by atoms with Gasteiger partial charge in [0.2, 0.25) is 0 Å². The van der Waals surface area contributed by atoms with Crippen LogP contribution in [-0.2, 0) is 0 Å². The molecule has 0 fully saturated rings. The van der Waals surface area contributed by atoms with Crippen LogP contribution in [-0.4, -0.2) is 18.3 Å². The Morgan fingerprint density at radius 1 is 0.123 bits per heavy atom. The van der Waals surface area contributed by atoms with E-state index in [0.717, 1.165) is 88.7 Å². The molecule has 24 aromatic rings. The number of rotatable bonds is 10. The van der Waals surface area contributed by atoms with E-state index in [-0.39, 0.29) is 0 Å². The highest BCUT2D eigenvalue weighted by Gasteiger charge is 2.23. The molecule has 6 nitrogen and oxygen atoms in total. The Kier molecular flexibility index (Phi) is 14.9. The fraction of sp³-hybridized carbons (Fsp3) is 0. The highest BCUT2D eigenvalue weighted by Crippen LogP contribution is 2.46. The van der Waals surface area contributed by atoms with Crippen LogP contribution in [0.25, 0.3) is 221 Å². The van der Waals surface area contributed by atoms with Crippen LogP contribution >= 0.6 is 0 Å². The molecule has 6 heteroatoms. The average Bonchev–Trinajstić information content (AvgIpc) is 1.58. The van der Waals surface area contributed by atoms with Gasteiger partial charge in [-0.2, -0.15) is 0 Å². The van der Waals surface area contributed by atoms with Crippen LogP contribution in [0, 0.1) is 0 Å². The zero-order chi connectivity index (χ0) is 74.9. The summed E-state index contributed by atoms with van der Waals surface area (Å²) in [6, 6.07) is 149. The van der Waals surface area contributed by atoms with Crippen LogP contribution in [0.1, 0.15) is 0 Å². The van der Waals surface area contributed by atoms with Crippen molar-refractivity contribution in [3.05, 3.63) is 413 Å². The third-order valence-electron chi connectivity index (χ3n) is 23.4. The Hall–Kier alpha value is -15.2. The number of benzene rings is 18. The highest BCUT2D eigenvalue weighted by atomic mass is 16.3. The minimum atomic E-state index is 0.894. The number of para-hydroxylation sites is 4. The van der Waals surface area contributed by atoms with Gasteiger partial charge < -0.3 is 27.1 Å². The van der Waals surface area contributed by atoms with Crippen LogP contribution in [0.15, 0.2) is 421 Å². The van der Waals surface area contributed by atoms with Crippen molar-refractivity contribution in [3.8, 4) is 89.5 Å². The second-order valence-electron chi connectivity index (χ2n) is 29.9. The summed E-state index contributed by atoms with van der Waals surface area (Å²) in [5.74, 6) is 0. The van der Waals surface area contributed by atoms with E-state index in [4.69, 9.17) is 8.83 Å². The Morgan fingerprint density at radius 3 is 0.816 bits per heavy atom. The lowest BCUT2D eigenvalue weighted by atomic mass is 10.00. The van der Waals surface area contributed by atoms with Crippen molar-refractivity contribution in [2.75, 3.05) is 0 Å². The molecule has 0 atom stereocenters. The maximum absolute atomic E-state index is 6.45. The van der Waals surface area contributed by atoms with Crippen molar-refractivity contribution < 1.29 is 8.83 Å². The van der Waals surface area contributed by atoms with Crippen molar-refractivity contribution in [1.29, 1.82) is 0 Å². The molecule has 0 aliphatic heterocycles. The van der Waals surface area contributed by atoms with Gasteiger partial charge in [-0.05, 0) is 206 Å². The summed E-state index contributed by atoms with van der Waals surface area (Å²) >= 11 is 0. The summed E-state index contributed by atoms with van der Waals surface area (Å²) in [5.41, 5.74) is 31.9. The molecule has 0 N–H and O–H groups in total. The number of furan rings is 2. The van der Waals surface area contributed by atoms with E-state index in [2.05, 4.69) is 419 Å². The molecule has 114 heavy (non-hydrogen) atoms. The largest absolute Gasteiger partial charge is 0.456 e. The predicted molar refractivity (Wildman–Crippen MR) is 477 cm³/mol. The van der Waals surface area contributed by atoms with Crippen molar-refractivity contribution in [2.45, 2.75) is 0 Å². The number of hydrogen-bond acceptors (Lipinski definition) is 2. The van der Waals surface area contributed by atoms with Gasteiger partial charge in [0.25, 0.3) is 0 Å². The summed E-state index contributed by atoms with van der Waals surface area (Å²) in [6.45, 7) is 0. The molecule has 0 aliphatic carbocycles. The Bertz CT molecular complexity index is 7920. The third kappa shape index (κ3) is 10.6. The van der Waals surface area contributed by atoms with E-state index in [1.807, 2.05) is 12.1 Å². The van der Waals surface area contributed by atoms with E-state index >= 15 is 0 Å². The second-order valence-corrected chi connectivity index (χ2v) is 29.9. The zero-order valence-electron chi connectivity index (χ0n) is 61.9. The van der Waals surface area contributed by atoms with Crippen LogP contribution in [0.3, 0.4) is 0 Å². The van der Waals surface area contributed by atoms with E-state index in [0.29, 0.717) is 0 Å². The molecule has 18 aromatic carbocycles. The Labute approximate surface area is 656 Å². The van der Waals surface area contributed by atoms with Crippen molar-refractivity contribution in [3.63, 3.8) is 0 Å². The molecule has 0 spiro atoms. The maximum Gasteiger partial charge on any atom is 0.137 e. The molecule has 24 rings (SSSR count). The first kappa shape index (κ1) is 64.7. The van der Waals surface area contributed by atoms with Gasteiger partial charge in [-0.1, -0.05) is 267 Å². The van der Waals surface area contributed by atoms with Gasteiger partial charge in [0.05, 0.1) is 44.1 Å². The minimum Gasteiger partial charge on any atom is -0.456 e. The molecular weight excluding hydrogens is 1390 g/mol. The lowest BCUT2D eigenvalue weighted by Crippen LogP contribution is -1.94. The first-order valence-corrected chi connectivity index (χ1v) is 39.0. The van der Waals surface area contributed by atoms with E-state index in [9.17, 15) is 0 Å². The Morgan fingerprint density at radius 2 is 0.395 bits per heavy atom. The summed E-state index contributed by atoms with van der Waals surface area (Å²) in [7, 11) is 0. The molecule has 6 heterocycles. The molecule has 0 unspecified atom stereocenters. The summed E-state index contributed by atoms with van der Waals surface area (Å²) in [4.78, 5) is 0. The fourth-order valence-electron chi connectivity index (χ4n) is 18.0. The normalized spacial score (nSPS) is 11.9. The van der Waals surface area contributed by atoms with Crippen LogP contribution in [0.4, 0.5) is 0 Å². The topological polar surface area (TPSA) is 46.0 Å². The number of nitrogens with zero attached hydrogens (tertiary/aromatic N) is 4. The lowest BCUT2D eigenvalue weighted by Gasteiger charge is -2.11. The van der Waals surface area contributed by atoms with Gasteiger partial charge in [-0.25, -0.2) is 0 Å². The molecule has 0 saturated heterocycles. The molecule has 0 aliphatic rings. The molecule has 0 saturated carbocycles. The highest BCUT2D eigenvalue weighted by molar-refractivity contribution is 6.21. The van der Waals surface area contributed by atoms with Crippen LogP contribution in [0.2, 0.25) is 0 Å². The van der Waals surface area contributed by atoms with Gasteiger partial charge in [-0.3, -0.25) is 0 Å². The van der Waals surface area contributed by atoms with E-state index in [1.54, 1.807) is 0 Å². The standard InChI is InChI=1S/2C54H34N2O/c1-3-12-35(13-4-1)37-22-26-41(27-23-37)55-51-29-25-40(32-46(51)47-34-54-48(33-52(47)55)44-19-8-10-21-53(44)57-54)39-24-28-50-45(31-39)43-18-7-9-20-49(43)56(50)42-17-11-16-38(30-42)36-14-5-2-6-15-36;1-3-12-35(13-4-1)37-22-26-41(27-23-37)55-51-29-25-40(32-46(51)47-33-48-44-19-8-10-21-53(44)57-54(48)34-52(47)55)39-24-28-50-45(31-39)43-18-7-9-20-49(43)56(50)42-17-11-16-38(30-42)36-14-5-2-6-15-36/h2*1-34H. The van der Waals surface area contributed by atoms with Crippen LogP contribution < -0.4 is 0 Å². The smallest absolute Gasteiger partial charge is 0.137 e. The number of hydrogen-bond donors (Lipinski definition) is 0. The zero-order valence-corrected chi connectivity index (χ0v) is 61.9. The van der Waals surface area contributed by atoms with Crippen LogP contribution in [0.5, 0.6) is 0 Å². The van der Waals surface area contributed by atoms with Gasteiger partial charge in [-0.15, -0.1) is 0 Å². The van der Waals surface area contributed by atoms with Gasteiger partial charge >= 0.3 is 0 Å². The number of fused-ring (bicyclic) bond motifs is 18. The molecular formula is C108H68N4O2. The quantitative estimate of drug-likeness (QED) is 0.137. The van der Waals surface area contributed by atoms with Crippen molar-refractivity contribution in [1.82, 2.24) is 18.3 Å². The molecule has 6 aromatic heterocycles. The summed E-state index contributed by atoms with van der Waals surface area (Å²) in [6.07, 6.45) is 0. The average molecular weight is 1450 g/mol. The van der Waals surface area contributed by atoms with Gasteiger partial charge in [0.1, 0.15) is 22.3 Å². The lowest BCUT2D eigenvalue weighted by molar-refractivity contribution is 0.669. The third-order valence-corrected chi connectivity index (χ3v) is 23.4. The monoisotopic (exact) mass is 1450 g/mol. The maximum atomic E-state index is 6.45. The summed E-state index contributed by atoms with van der Waals surface area (Å²) in [5, 5.41) is 14.2. The SMILES string of the molecule is c1ccc(-c2ccc(-n3c4ccc(-c5ccc6c(c5)c5ccccc5n6-c5cccc(-c6ccccc6)c5)cc4c4cc5c(cc43)oc3ccccc35)cc2)cc1.c1ccc(-c2ccc(-n3c4ccc(-c5ccc6c(c5)c5ccccc5n6-c5cccc(-c6ccccc6)c5)cc4c4cc5oc6ccccc6c5cc43)cc2)cc1. The van der Waals surface area contributed by atoms with E-state index < -0.39 is 0 Å². The molecule has 532 valence electrons. The second kappa shape index (κ2) is 26.2.